The summed E-state index contributed by atoms with van der Waals surface area (Å²) in [5.74, 6) is -0.785. The third kappa shape index (κ3) is 1.51. The van der Waals surface area contributed by atoms with Crippen LogP contribution in [0.15, 0.2) is 30.3 Å². The third-order valence-corrected chi connectivity index (χ3v) is 4.08. The predicted octanol–water partition coefficient (Wildman–Crippen LogP) is 3.39. The first-order valence-corrected chi connectivity index (χ1v) is 6.30. The number of halogens is 1. The van der Waals surface area contributed by atoms with E-state index >= 15 is 0 Å². The standard InChI is InChI=1S/C14H12ClNO2/c15-10-4-1-3-9-5-6-11(16-12(9)10)14(13(17)18)7-2-8-14/h1,3-6H,2,7-8H2,(H,17,18). The smallest absolute Gasteiger partial charge is 0.315 e. The van der Waals surface area contributed by atoms with Crippen LogP contribution in [0.4, 0.5) is 0 Å². The summed E-state index contributed by atoms with van der Waals surface area (Å²) in [6.45, 7) is 0. The topological polar surface area (TPSA) is 50.2 Å². The molecule has 1 saturated carbocycles. The number of carboxylic acids is 1. The number of hydrogen-bond acceptors (Lipinski definition) is 2. The van der Waals surface area contributed by atoms with E-state index in [0.717, 1.165) is 11.8 Å². The molecule has 2 aromatic rings. The van der Waals surface area contributed by atoms with Gasteiger partial charge in [0.15, 0.2) is 0 Å². The van der Waals surface area contributed by atoms with Gasteiger partial charge in [0, 0.05) is 5.39 Å². The van der Waals surface area contributed by atoms with E-state index in [1.807, 2.05) is 24.3 Å². The summed E-state index contributed by atoms with van der Waals surface area (Å²) in [5.41, 5.74) is 0.513. The van der Waals surface area contributed by atoms with Gasteiger partial charge in [-0.2, -0.15) is 0 Å². The quantitative estimate of drug-likeness (QED) is 0.901. The summed E-state index contributed by atoms with van der Waals surface area (Å²) in [5, 5.41) is 10.9. The Morgan fingerprint density at radius 1 is 1.28 bits per heavy atom. The highest BCUT2D eigenvalue weighted by Crippen LogP contribution is 2.43. The molecule has 1 aliphatic rings. The highest BCUT2D eigenvalue weighted by Gasteiger charge is 2.47. The number of hydrogen-bond donors (Lipinski definition) is 1. The molecule has 0 unspecified atom stereocenters. The lowest BCUT2D eigenvalue weighted by Gasteiger charge is -2.37. The van der Waals surface area contributed by atoms with Gasteiger partial charge in [-0.25, -0.2) is 0 Å². The molecule has 0 radical (unpaired) electrons. The van der Waals surface area contributed by atoms with Crippen LogP contribution in [0.1, 0.15) is 25.0 Å². The first kappa shape index (κ1) is 11.5. The van der Waals surface area contributed by atoms with E-state index in [4.69, 9.17) is 11.6 Å². The lowest BCUT2D eigenvalue weighted by atomic mass is 9.66. The second-order valence-corrected chi connectivity index (χ2v) is 5.16. The predicted molar refractivity (Wildman–Crippen MR) is 69.9 cm³/mol. The van der Waals surface area contributed by atoms with E-state index in [-0.39, 0.29) is 0 Å². The van der Waals surface area contributed by atoms with Crippen molar-refractivity contribution in [3.05, 3.63) is 41.0 Å². The van der Waals surface area contributed by atoms with Crippen LogP contribution in [0.2, 0.25) is 5.02 Å². The molecule has 18 heavy (non-hydrogen) atoms. The lowest BCUT2D eigenvalue weighted by Crippen LogP contribution is -2.43. The molecule has 0 amide bonds. The number of pyridine rings is 1. The molecule has 92 valence electrons. The first-order chi connectivity index (χ1) is 8.63. The third-order valence-electron chi connectivity index (χ3n) is 3.78. The first-order valence-electron chi connectivity index (χ1n) is 5.93. The number of aromatic nitrogens is 1. The van der Waals surface area contributed by atoms with Crippen molar-refractivity contribution in [3.8, 4) is 0 Å². The van der Waals surface area contributed by atoms with Gasteiger partial charge in [0.25, 0.3) is 0 Å². The van der Waals surface area contributed by atoms with Crippen molar-refractivity contribution in [1.29, 1.82) is 0 Å². The summed E-state index contributed by atoms with van der Waals surface area (Å²) >= 11 is 6.11. The number of rotatable bonds is 2. The Labute approximate surface area is 109 Å². The van der Waals surface area contributed by atoms with E-state index in [9.17, 15) is 9.90 Å². The molecule has 0 atom stereocenters. The molecule has 1 fully saturated rings. The molecule has 0 saturated heterocycles. The van der Waals surface area contributed by atoms with Crippen LogP contribution in [-0.2, 0) is 10.2 Å². The summed E-state index contributed by atoms with van der Waals surface area (Å²) in [4.78, 5) is 15.9. The van der Waals surface area contributed by atoms with Gasteiger partial charge in [-0.1, -0.05) is 36.2 Å². The van der Waals surface area contributed by atoms with E-state index in [1.54, 1.807) is 6.07 Å². The van der Waals surface area contributed by atoms with Gasteiger partial charge in [-0.15, -0.1) is 0 Å². The molecule has 0 bridgehead atoms. The fourth-order valence-electron chi connectivity index (χ4n) is 2.49. The molecular formula is C14H12ClNO2. The van der Waals surface area contributed by atoms with Crippen LogP contribution in [0.5, 0.6) is 0 Å². The average molecular weight is 262 g/mol. The summed E-state index contributed by atoms with van der Waals surface area (Å²) in [6, 6.07) is 9.27. The minimum atomic E-state index is -0.798. The van der Waals surface area contributed by atoms with Gasteiger partial charge in [0.1, 0.15) is 5.41 Å². The highest BCUT2D eigenvalue weighted by atomic mass is 35.5. The van der Waals surface area contributed by atoms with Crippen LogP contribution in [0, 0.1) is 0 Å². The van der Waals surface area contributed by atoms with Gasteiger partial charge in [-0.3, -0.25) is 9.78 Å². The van der Waals surface area contributed by atoms with Crippen molar-refractivity contribution in [2.24, 2.45) is 0 Å². The Bertz CT molecular complexity index is 635. The van der Waals surface area contributed by atoms with Crippen molar-refractivity contribution in [2.45, 2.75) is 24.7 Å². The number of nitrogens with zero attached hydrogens (tertiary/aromatic N) is 1. The number of para-hydroxylation sites is 1. The lowest BCUT2D eigenvalue weighted by molar-refractivity contribution is -0.147. The Balaban J connectivity index is 2.19. The van der Waals surface area contributed by atoms with E-state index in [1.165, 1.54) is 0 Å². The van der Waals surface area contributed by atoms with Crippen LogP contribution < -0.4 is 0 Å². The van der Waals surface area contributed by atoms with E-state index < -0.39 is 11.4 Å². The molecule has 1 aromatic heterocycles. The maximum Gasteiger partial charge on any atom is 0.315 e. The zero-order valence-electron chi connectivity index (χ0n) is 9.69. The summed E-state index contributed by atoms with van der Waals surface area (Å²) < 4.78 is 0. The van der Waals surface area contributed by atoms with Crippen LogP contribution in [0.25, 0.3) is 10.9 Å². The van der Waals surface area contributed by atoms with Crippen molar-refractivity contribution in [1.82, 2.24) is 4.98 Å². The van der Waals surface area contributed by atoms with Crippen molar-refractivity contribution in [3.63, 3.8) is 0 Å². The fraction of sp³-hybridized carbons (Fsp3) is 0.286. The maximum absolute atomic E-state index is 11.5. The Kier molecular flexibility index (Phi) is 2.52. The largest absolute Gasteiger partial charge is 0.481 e. The van der Waals surface area contributed by atoms with Crippen molar-refractivity contribution >= 4 is 28.5 Å². The molecule has 1 N–H and O–H groups in total. The number of aliphatic carboxylic acids is 1. The minimum absolute atomic E-state index is 0.564. The number of carbonyl (C=O) groups is 1. The normalized spacial score (nSPS) is 17.4. The van der Waals surface area contributed by atoms with Gasteiger partial charge < -0.3 is 5.11 Å². The van der Waals surface area contributed by atoms with E-state index in [2.05, 4.69) is 4.98 Å². The van der Waals surface area contributed by atoms with E-state index in [0.29, 0.717) is 29.1 Å². The average Bonchev–Trinajstić information content (AvgIpc) is 2.28. The second-order valence-electron chi connectivity index (χ2n) is 4.75. The summed E-state index contributed by atoms with van der Waals surface area (Å²) in [7, 11) is 0. The van der Waals surface area contributed by atoms with Crippen molar-refractivity contribution < 1.29 is 9.90 Å². The second kappa shape index (κ2) is 3.95. The van der Waals surface area contributed by atoms with Crippen LogP contribution >= 0.6 is 11.6 Å². The Hall–Kier alpha value is -1.61. The Morgan fingerprint density at radius 3 is 2.67 bits per heavy atom. The van der Waals surface area contributed by atoms with Crippen molar-refractivity contribution in [2.75, 3.05) is 0 Å². The van der Waals surface area contributed by atoms with Gasteiger partial charge >= 0.3 is 5.97 Å². The van der Waals surface area contributed by atoms with Gasteiger partial charge in [0.05, 0.1) is 16.2 Å². The minimum Gasteiger partial charge on any atom is -0.481 e. The molecule has 0 aliphatic heterocycles. The molecule has 0 spiro atoms. The summed E-state index contributed by atoms with van der Waals surface area (Å²) in [6.07, 6.45) is 2.26. The molecule has 1 aromatic carbocycles. The van der Waals surface area contributed by atoms with Gasteiger partial charge in [-0.05, 0) is 25.0 Å². The number of benzene rings is 1. The highest BCUT2D eigenvalue weighted by molar-refractivity contribution is 6.35. The molecule has 1 aliphatic carbocycles. The molecule has 1 heterocycles. The van der Waals surface area contributed by atoms with Crippen LogP contribution in [0.3, 0.4) is 0 Å². The molecular weight excluding hydrogens is 250 g/mol. The maximum atomic E-state index is 11.5. The zero-order valence-corrected chi connectivity index (χ0v) is 10.4. The monoisotopic (exact) mass is 261 g/mol. The van der Waals surface area contributed by atoms with Gasteiger partial charge in [0.2, 0.25) is 0 Å². The molecule has 4 heteroatoms. The fourth-order valence-corrected chi connectivity index (χ4v) is 2.71. The SMILES string of the molecule is O=C(O)C1(c2ccc3cccc(Cl)c3n2)CCC1. The zero-order chi connectivity index (χ0) is 12.8. The van der Waals surface area contributed by atoms with Crippen LogP contribution in [-0.4, -0.2) is 16.1 Å². The number of carboxylic acid groups (broad SMARTS) is 1. The molecule has 3 rings (SSSR count). The number of fused-ring (bicyclic) bond motifs is 1. The Morgan fingerprint density at radius 2 is 2.06 bits per heavy atom. The molecule has 3 nitrogen and oxygen atoms in total.